The van der Waals surface area contributed by atoms with E-state index in [0.29, 0.717) is 25.2 Å². The van der Waals surface area contributed by atoms with Crippen molar-refractivity contribution in [1.29, 1.82) is 0 Å². The van der Waals surface area contributed by atoms with E-state index in [0.717, 1.165) is 16.6 Å². The molecule has 0 fully saturated rings. The van der Waals surface area contributed by atoms with Crippen LogP contribution in [0.15, 0.2) is 60.7 Å². The van der Waals surface area contributed by atoms with Gasteiger partial charge < -0.3 is 0 Å². The smallest absolute Gasteiger partial charge is 0.0716 e. The largest absolute Gasteiger partial charge is 0.128 e. The zero-order valence-electron chi connectivity index (χ0n) is 50.0. The molecule has 0 nitrogen and oxygen atoms in total. The van der Waals surface area contributed by atoms with Gasteiger partial charge in [0.1, 0.15) is 8.07 Å². The van der Waals surface area contributed by atoms with Gasteiger partial charge in [-0.15, -0.1) is 0 Å². The van der Waals surface area contributed by atoms with E-state index in [1.165, 1.54) is 10.4 Å². The van der Waals surface area contributed by atoms with Gasteiger partial charge >= 0.3 is 0 Å². The van der Waals surface area contributed by atoms with Gasteiger partial charge in [0.15, 0.2) is 0 Å². The molecule has 0 unspecified atom stereocenters. The Bertz CT molecular complexity index is 1450. The summed E-state index contributed by atoms with van der Waals surface area (Å²) in [5.74, 6) is 0. The van der Waals surface area contributed by atoms with Crippen molar-refractivity contribution in [1.82, 2.24) is 0 Å². The van der Waals surface area contributed by atoms with Crippen LogP contribution in [0.3, 0.4) is 0 Å². The second kappa shape index (κ2) is 21.6. The average Bonchev–Trinajstić information content (AvgIpc) is 2.97. The molecule has 6 heteroatoms. The lowest BCUT2D eigenvalue weighted by Gasteiger charge is -2.65. The van der Waals surface area contributed by atoms with E-state index < -0.39 is 46.5 Å². The van der Waals surface area contributed by atoms with E-state index in [-0.39, 0.29) is 10.1 Å². The summed E-state index contributed by atoms with van der Waals surface area (Å²) in [6.07, 6.45) is 0. The molecule has 0 N–H and O–H groups in total. The van der Waals surface area contributed by atoms with Gasteiger partial charge in [0.2, 0.25) is 0 Å². The highest BCUT2D eigenvalue weighted by molar-refractivity contribution is 7.70. The Morgan fingerprint density at radius 2 is 0.524 bits per heavy atom. The quantitative estimate of drug-likeness (QED) is 0.243. The van der Waals surface area contributed by atoms with Crippen LogP contribution in [-0.2, 0) is 0 Å². The molecule has 0 radical (unpaired) electrons. The highest BCUT2D eigenvalue weighted by atomic mass is 29.6. The molecule has 0 amide bonds. The summed E-state index contributed by atoms with van der Waals surface area (Å²) in [5.41, 5.74) is 2.63. The molecule has 63 heavy (non-hydrogen) atoms. The van der Waals surface area contributed by atoms with E-state index >= 15 is 0 Å². The van der Waals surface area contributed by atoms with E-state index in [2.05, 4.69) is 300 Å². The highest BCUT2D eigenvalue weighted by Gasteiger charge is 2.66. The fourth-order valence-corrected chi connectivity index (χ4v) is 103. The van der Waals surface area contributed by atoms with E-state index in [4.69, 9.17) is 0 Å². The molecule has 0 saturated heterocycles. The first-order valence-corrected chi connectivity index (χ1v) is 43.6. The van der Waals surface area contributed by atoms with Crippen LogP contribution in [0.25, 0.3) is 0 Å². The van der Waals surface area contributed by atoms with Crippen LogP contribution in [0.1, 0.15) is 187 Å². The normalized spacial score (nSPS) is 14.7. The third-order valence-electron chi connectivity index (χ3n) is 17.1. The summed E-state index contributed by atoms with van der Waals surface area (Å²) in [7, 11) is -7.90. The Labute approximate surface area is 406 Å². The zero-order chi connectivity index (χ0) is 51.5. The first-order valence-electron chi connectivity index (χ1n) is 25.4. The second-order valence-electron chi connectivity index (χ2n) is 30.5. The number of benzene rings is 2. The summed E-state index contributed by atoms with van der Waals surface area (Å²) < 4.78 is 0. The minimum absolute atomic E-state index is 0.244. The Hall–Kier alpha value is -0.259. The Morgan fingerprint density at radius 3 is 0.603 bits per heavy atom. The SMILES string of the molecule is CC(C)(C)[Si](C(C)(C)C)([Si](C)(C)C)[Si](C)(C)C.CC(C)(C)[Si](C)(C)C(C)(C)C.CC(C)(C)[Si](c1ccccc1)(c1ccccc1)C(C)(C)C.CC(C)[Si](C(C)C)(C(C)C)C(C)(C)C. The average molecular weight is 972 g/mol. The van der Waals surface area contributed by atoms with Gasteiger partial charge in [-0.3, -0.25) is 0 Å². The summed E-state index contributed by atoms with van der Waals surface area (Å²) in [5, 5.41) is 6.18. The third kappa shape index (κ3) is 13.7. The minimum Gasteiger partial charge on any atom is -0.0716 e. The monoisotopic (exact) mass is 971 g/mol. The summed E-state index contributed by atoms with van der Waals surface area (Å²) >= 11 is 0. The number of hydrogen-bond acceptors (Lipinski definition) is 0. The van der Waals surface area contributed by atoms with Crippen molar-refractivity contribution in [3.8, 4) is 0 Å². The van der Waals surface area contributed by atoms with Crippen molar-refractivity contribution in [2.75, 3.05) is 0 Å². The van der Waals surface area contributed by atoms with Gasteiger partial charge in [0.05, 0.1) is 23.3 Å². The lowest BCUT2D eigenvalue weighted by molar-refractivity contribution is 0.622. The molecule has 0 bridgehead atoms. The van der Waals surface area contributed by atoms with Crippen LogP contribution >= 0.6 is 0 Å². The van der Waals surface area contributed by atoms with Crippen molar-refractivity contribution in [3.05, 3.63) is 60.7 Å². The van der Waals surface area contributed by atoms with Gasteiger partial charge in [0.25, 0.3) is 0 Å². The van der Waals surface area contributed by atoms with E-state index in [1.807, 2.05) is 0 Å². The van der Waals surface area contributed by atoms with Crippen LogP contribution < -0.4 is 10.4 Å². The molecular formula is C57H118Si6. The van der Waals surface area contributed by atoms with Crippen LogP contribution in [-0.4, -0.2) is 46.5 Å². The first kappa shape index (κ1) is 64.8. The lowest BCUT2D eigenvalue weighted by atomic mass is 10.2. The molecular weight excluding hydrogens is 853 g/mol. The lowest BCUT2D eigenvalue weighted by Crippen LogP contribution is -2.79. The predicted molar refractivity (Wildman–Crippen MR) is 317 cm³/mol. The molecule has 0 saturated carbocycles. The zero-order valence-corrected chi connectivity index (χ0v) is 56.0. The maximum Gasteiger partial charge on any atom is 0.128 e. The van der Waals surface area contributed by atoms with Crippen molar-refractivity contribution in [3.63, 3.8) is 0 Å². The molecule has 0 atom stereocenters. The molecule has 0 spiro atoms. The van der Waals surface area contributed by atoms with Gasteiger partial charge in [-0.05, 0) is 35.3 Å². The topological polar surface area (TPSA) is 0 Å². The standard InChI is InChI=1S/C20H28Si.C14H36Si3.C13H30Si.C10H24Si/c1-19(2,3)21(20(4,5)6,17-13-9-7-10-14-17)18-15-11-8-12-16-18;1-13(2,3)17(14(4,5)6,15(7,8)9)16(10,11)12;1-10(2)14(11(3)4,12(5)6)13(7,8)9;1-9(2,3)11(7,8)10(4,5)6/h7-16H,1-6H3;1-12H3;10-12H,1-9H3;1-8H3. The van der Waals surface area contributed by atoms with E-state index in [1.54, 1.807) is 0 Å². The van der Waals surface area contributed by atoms with Crippen molar-refractivity contribution in [2.45, 2.75) is 291 Å². The maximum absolute atomic E-state index is 2.65. The van der Waals surface area contributed by atoms with Gasteiger partial charge in [0, 0.05) is 15.2 Å². The summed E-state index contributed by atoms with van der Waals surface area (Å²) in [4.78, 5) is 0. The molecule has 0 aliphatic rings. The molecule has 2 aromatic carbocycles. The summed E-state index contributed by atoms with van der Waals surface area (Å²) in [6.45, 7) is 87.0. The predicted octanol–water partition coefficient (Wildman–Crippen LogP) is 20.5. The summed E-state index contributed by atoms with van der Waals surface area (Å²) in [6, 6.07) is 22.4. The van der Waals surface area contributed by atoms with Crippen LogP contribution in [0.4, 0.5) is 0 Å². The Morgan fingerprint density at radius 1 is 0.302 bits per heavy atom. The van der Waals surface area contributed by atoms with Crippen LogP contribution in [0.2, 0.25) is 104 Å². The molecule has 370 valence electrons. The van der Waals surface area contributed by atoms with Gasteiger partial charge in [-0.1, -0.05) is 327 Å². The molecule has 2 aromatic rings. The molecule has 2 rings (SSSR count). The molecule has 0 aliphatic heterocycles. The fraction of sp³-hybridized carbons (Fsp3) is 0.789. The second-order valence-corrected chi connectivity index (χ2v) is 77.7. The van der Waals surface area contributed by atoms with Crippen molar-refractivity contribution >= 4 is 56.9 Å². The van der Waals surface area contributed by atoms with E-state index in [9.17, 15) is 0 Å². The molecule has 0 heterocycles. The minimum atomic E-state index is -1.95. The highest BCUT2D eigenvalue weighted by Crippen LogP contribution is 2.60. The van der Waals surface area contributed by atoms with Crippen molar-refractivity contribution in [2.24, 2.45) is 0 Å². The van der Waals surface area contributed by atoms with Crippen LogP contribution in [0, 0.1) is 0 Å². The fourth-order valence-electron chi connectivity index (χ4n) is 16.9. The van der Waals surface area contributed by atoms with Gasteiger partial charge in [-0.2, -0.15) is 0 Å². The first-order chi connectivity index (χ1) is 27.3. The Kier molecular flexibility index (Phi) is 22.2. The van der Waals surface area contributed by atoms with Crippen molar-refractivity contribution < 1.29 is 0 Å². The molecule has 0 aliphatic carbocycles. The number of hydrogen-bond donors (Lipinski definition) is 0. The maximum atomic E-state index is 2.65. The third-order valence-corrected chi connectivity index (χ3v) is 84.8. The number of rotatable bonds is 7. The van der Waals surface area contributed by atoms with Gasteiger partial charge in [-0.25, -0.2) is 0 Å². The molecule has 0 aromatic heterocycles. The Balaban J connectivity index is 0. The van der Waals surface area contributed by atoms with Crippen LogP contribution in [0.5, 0.6) is 0 Å².